The molecule has 0 atom stereocenters. The molecule has 0 aliphatic rings. The second-order valence-corrected chi connectivity index (χ2v) is 4.97. The van der Waals surface area contributed by atoms with Gasteiger partial charge in [-0.25, -0.2) is 0 Å². The molecule has 0 amide bonds. The second-order valence-electron chi connectivity index (χ2n) is 4.12. The Morgan fingerprint density at radius 3 is 2.70 bits per heavy atom. The van der Waals surface area contributed by atoms with E-state index in [1.165, 1.54) is 0 Å². The lowest BCUT2D eigenvalue weighted by Crippen LogP contribution is -2.05. The van der Waals surface area contributed by atoms with Crippen molar-refractivity contribution in [2.75, 3.05) is 25.3 Å². The maximum atomic E-state index is 5.90. The number of anilines is 2. The molecule has 6 heteroatoms. The van der Waals surface area contributed by atoms with Gasteiger partial charge in [-0.3, -0.25) is 4.98 Å². The SMILES string of the molecule is COc1ccc(CNc2c(N)cncc2Br)c(OC)c1. The summed E-state index contributed by atoms with van der Waals surface area (Å²) < 4.78 is 11.4. The topological polar surface area (TPSA) is 69.4 Å². The number of halogens is 1. The van der Waals surface area contributed by atoms with Crippen molar-refractivity contribution >= 4 is 27.3 Å². The molecular formula is C14H16BrN3O2. The number of benzene rings is 1. The number of aromatic nitrogens is 1. The molecule has 2 aromatic rings. The molecule has 5 nitrogen and oxygen atoms in total. The summed E-state index contributed by atoms with van der Waals surface area (Å²) in [6.07, 6.45) is 3.31. The quantitative estimate of drug-likeness (QED) is 0.877. The Bertz CT molecular complexity index is 585. The first-order chi connectivity index (χ1) is 9.65. The Balaban J connectivity index is 2.19. The van der Waals surface area contributed by atoms with Gasteiger partial charge < -0.3 is 20.5 Å². The minimum absolute atomic E-state index is 0.583. The zero-order valence-corrected chi connectivity index (χ0v) is 12.9. The fourth-order valence-electron chi connectivity index (χ4n) is 1.82. The van der Waals surface area contributed by atoms with Crippen LogP contribution in [0.2, 0.25) is 0 Å². The van der Waals surface area contributed by atoms with E-state index in [2.05, 4.69) is 26.2 Å². The lowest BCUT2D eigenvalue weighted by molar-refractivity contribution is 0.391. The predicted octanol–water partition coefficient (Wildman–Crippen LogP) is 3.06. The van der Waals surface area contributed by atoms with Crippen molar-refractivity contribution < 1.29 is 9.47 Å². The van der Waals surface area contributed by atoms with Crippen LogP contribution in [0.1, 0.15) is 5.56 Å². The van der Waals surface area contributed by atoms with Crippen LogP contribution in [0.4, 0.5) is 11.4 Å². The molecule has 1 aromatic carbocycles. The van der Waals surface area contributed by atoms with Crippen LogP contribution in [0.5, 0.6) is 11.5 Å². The van der Waals surface area contributed by atoms with Gasteiger partial charge in [-0.15, -0.1) is 0 Å². The van der Waals surface area contributed by atoms with Crippen molar-refractivity contribution in [3.8, 4) is 11.5 Å². The molecule has 0 radical (unpaired) electrons. The predicted molar refractivity (Wildman–Crippen MR) is 83.2 cm³/mol. The van der Waals surface area contributed by atoms with E-state index in [0.717, 1.165) is 27.2 Å². The fourth-order valence-corrected chi connectivity index (χ4v) is 2.31. The average molecular weight is 338 g/mol. The van der Waals surface area contributed by atoms with Crippen LogP contribution in [-0.4, -0.2) is 19.2 Å². The highest BCUT2D eigenvalue weighted by atomic mass is 79.9. The fraction of sp³-hybridized carbons (Fsp3) is 0.214. The van der Waals surface area contributed by atoms with E-state index < -0.39 is 0 Å². The number of nitrogen functional groups attached to an aromatic ring is 1. The summed E-state index contributed by atoms with van der Waals surface area (Å²) in [4.78, 5) is 4.00. The van der Waals surface area contributed by atoms with Gasteiger partial charge in [0.05, 0.1) is 36.3 Å². The zero-order chi connectivity index (χ0) is 14.5. The van der Waals surface area contributed by atoms with Crippen molar-refractivity contribution in [3.63, 3.8) is 0 Å². The Morgan fingerprint density at radius 1 is 1.25 bits per heavy atom. The molecule has 0 aliphatic heterocycles. The molecule has 3 N–H and O–H groups in total. The van der Waals surface area contributed by atoms with Gasteiger partial charge in [-0.05, 0) is 28.1 Å². The van der Waals surface area contributed by atoms with Crippen LogP contribution in [0.25, 0.3) is 0 Å². The second kappa shape index (κ2) is 6.47. The van der Waals surface area contributed by atoms with Crippen LogP contribution >= 0.6 is 15.9 Å². The van der Waals surface area contributed by atoms with E-state index in [0.29, 0.717) is 12.2 Å². The Morgan fingerprint density at radius 2 is 2.05 bits per heavy atom. The van der Waals surface area contributed by atoms with E-state index in [-0.39, 0.29) is 0 Å². The van der Waals surface area contributed by atoms with E-state index in [9.17, 15) is 0 Å². The van der Waals surface area contributed by atoms with E-state index in [1.54, 1.807) is 26.6 Å². The van der Waals surface area contributed by atoms with Gasteiger partial charge in [-0.1, -0.05) is 0 Å². The van der Waals surface area contributed by atoms with Crippen LogP contribution in [0.15, 0.2) is 35.1 Å². The van der Waals surface area contributed by atoms with E-state index in [4.69, 9.17) is 15.2 Å². The molecule has 106 valence electrons. The summed E-state index contributed by atoms with van der Waals surface area (Å²) >= 11 is 3.42. The Hall–Kier alpha value is -1.95. The minimum atomic E-state index is 0.583. The number of hydrogen-bond donors (Lipinski definition) is 2. The number of nitrogens with one attached hydrogen (secondary N) is 1. The molecule has 0 saturated heterocycles. The Kier molecular flexibility index (Phi) is 4.68. The lowest BCUT2D eigenvalue weighted by Gasteiger charge is -2.14. The third kappa shape index (κ3) is 3.14. The molecule has 2 rings (SSSR count). The molecule has 0 fully saturated rings. The van der Waals surface area contributed by atoms with Gasteiger partial charge >= 0.3 is 0 Å². The third-order valence-corrected chi connectivity index (χ3v) is 3.48. The van der Waals surface area contributed by atoms with Crippen LogP contribution in [0.3, 0.4) is 0 Å². The van der Waals surface area contributed by atoms with Crippen molar-refractivity contribution in [2.24, 2.45) is 0 Å². The number of hydrogen-bond acceptors (Lipinski definition) is 5. The number of nitrogens with zero attached hydrogens (tertiary/aromatic N) is 1. The standard InChI is InChI=1S/C14H16BrN3O2/c1-19-10-4-3-9(13(5-10)20-2)6-18-14-11(15)7-17-8-12(14)16/h3-5,7-8H,6,16H2,1-2H3,(H,17,18). The largest absolute Gasteiger partial charge is 0.497 e. The molecule has 1 aromatic heterocycles. The van der Waals surface area contributed by atoms with E-state index in [1.807, 2.05) is 18.2 Å². The first-order valence-corrected chi connectivity index (χ1v) is 6.78. The maximum Gasteiger partial charge on any atom is 0.127 e. The van der Waals surface area contributed by atoms with Crippen molar-refractivity contribution in [2.45, 2.75) is 6.54 Å². The van der Waals surface area contributed by atoms with Crippen LogP contribution in [-0.2, 0) is 6.54 Å². The third-order valence-electron chi connectivity index (χ3n) is 2.88. The highest BCUT2D eigenvalue weighted by Crippen LogP contribution is 2.29. The van der Waals surface area contributed by atoms with Gasteiger partial charge in [0.2, 0.25) is 0 Å². The summed E-state index contributed by atoms with van der Waals surface area (Å²) in [5.74, 6) is 1.52. The summed E-state index contributed by atoms with van der Waals surface area (Å²) in [6.45, 7) is 0.583. The average Bonchev–Trinajstić information content (AvgIpc) is 2.46. The molecule has 0 aliphatic carbocycles. The molecule has 0 bridgehead atoms. The highest BCUT2D eigenvalue weighted by Gasteiger charge is 2.08. The van der Waals surface area contributed by atoms with Crippen LogP contribution < -0.4 is 20.5 Å². The Labute approximate surface area is 126 Å². The molecule has 0 saturated carbocycles. The van der Waals surface area contributed by atoms with Gasteiger partial charge in [0, 0.05) is 24.4 Å². The van der Waals surface area contributed by atoms with Gasteiger partial charge in [0.1, 0.15) is 11.5 Å². The first-order valence-electron chi connectivity index (χ1n) is 5.99. The highest BCUT2D eigenvalue weighted by molar-refractivity contribution is 9.10. The van der Waals surface area contributed by atoms with Crippen molar-refractivity contribution in [1.82, 2.24) is 4.98 Å². The summed E-state index contributed by atoms with van der Waals surface area (Å²) in [7, 11) is 3.26. The zero-order valence-electron chi connectivity index (χ0n) is 11.3. The monoisotopic (exact) mass is 337 g/mol. The smallest absolute Gasteiger partial charge is 0.127 e. The van der Waals surface area contributed by atoms with Crippen molar-refractivity contribution in [1.29, 1.82) is 0 Å². The first kappa shape index (κ1) is 14.5. The molecule has 1 heterocycles. The van der Waals surface area contributed by atoms with Crippen LogP contribution in [0, 0.1) is 0 Å². The number of rotatable bonds is 5. The normalized spacial score (nSPS) is 10.2. The molecule has 0 unspecified atom stereocenters. The maximum absolute atomic E-state index is 5.90. The van der Waals surface area contributed by atoms with Gasteiger partial charge in [0.15, 0.2) is 0 Å². The van der Waals surface area contributed by atoms with Crippen molar-refractivity contribution in [3.05, 3.63) is 40.6 Å². The number of ether oxygens (including phenoxy) is 2. The number of nitrogens with two attached hydrogens (primary N) is 1. The summed E-state index contributed by atoms with van der Waals surface area (Å²) in [5, 5.41) is 3.28. The molecule has 20 heavy (non-hydrogen) atoms. The molecule has 0 spiro atoms. The van der Waals surface area contributed by atoms with E-state index >= 15 is 0 Å². The summed E-state index contributed by atoms with van der Waals surface area (Å²) in [6, 6.07) is 5.70. The number of methoxy groups -OCH3 is 2. The number of pyridine rings is 1. The van der Waals surface area contributed by atoms with Gasteiger partial charge in [-0.2, -0.15) is 0 Å². The van der Waals surface area contributed by atoms with Gasteiger partial charge in [0.25, 0.3) is 0 Å². The summed E-state index contributed by atoms with van der Waals surface area (Å²) in [5.41, 5.74) is 8.31. The lowest BCUT2D eigenvalue weighted by atomic mass is 10.2. The minimum Gasteiger partial charge on any atom is -0.497 e. The molecular weight excluding hydrogens is 322 g/mol.